The minimum absolute atomic E-state index is 0.0566. The number of benzene rings is 2. The first-order valence-electron chi connectivity index (χ1n) is 10.3. The molecule has 0 radical (unpaired) electrons. The Morgan fingerprint density at radius 2 is 1.62 bits per heavy atom. The number of hydrogen-bond acceptors (Lipinski definition) is 3. The van der Waals surface area contributed by atoms with Gasteiger partial charge in [-0.2, -0.15) is 0 Å². The summed E-state index contributed by atoms with van der Waals surface area (Å²) in [7, 11) is 0. The topological polar surface area (TPSA) is 81.7 Å². The molecule has 3 rings (SSSR count). The number of rotatable bonds is 7. The van der Waals surface area contributed by atoms with Crippen LogP contribution in [-0.2, 0) is 11.2 Å². The normalized spacial score (nSPS) is 14.4. The molecule has 1 aliphatic heterocycles. The van der Waals surface area contributed by atoms with Gasteiger partial charge in [0.05, 0.1) is 0 Å². The van der Waals surface area contributed by atoms with E-state index in [-0.39, 0.29) is 11.9 Å². The van der Waals surface area contributed by atoms with E-state index in [0.717, 1.165) is 50.9 Å². The van der Waals surface area contributed by atoms with E-state index in [0.29, 0.717) is 12.3 Å². The zero-order valence-electron chi connectivity index (χ0n) is 16.6. The van der Waals surface area contributed by atoms with Crippen molar-refractivity contribution in [3.63, 3.8) is 0 Å². The number of carbonyl (C=O) groups excluding carboxylic acids is 2. The van der Waals surface area contributed by atoms with Gasteiger partial charge in [-0.1, -0.05) is 42.5 Å². The maximum atomic E-state index is 12.5. The Balaban J connectivity index is 1.41. The van der Waals surface area contributed by atoms with Gasteiger partial charge in [0.15, 0.2) is 0 Å². The molecule has 0 bridgehead atoms. The van der Waals surface area contributed by atoms with E-state index >= 15 is 0 Å². The van der Waals surface area contributed by atoms with E-state index < -0.39 is 0 Å². The average molecular weight is 396 g/mol. The first kappa shape index (κ1) is 20.9. The summed E-state index contributed by atoms with van der Waals surface area (Å²) in [5, 5.41) is 11.5. The highest BCUT2D eigenvalue weighted by molar-refractivity contribution is 5.89. The molecule has 3 amide bonds. The summed E-state index contributed by atoms with van der Waals surface area (Å²) in [6, 6.07) is 18.3. The molecule has 154 valence electrons. The van der Waals surface area contributed by atoms with E-state index in [1.165, 1.54) is 11.1 Å². The summed E-state index contributed by atoms with van der Waals surface area (Å²) in [5.74, 6) is 0.194. The number of amides is 3. The van der Waals surface area contributed by atoms with E-state index in [2.05, 4.69) is 29.6 Å². The number of likely N-dealkylation sites (tertiary alicyclic amines) is 1. The van der Waals surface area contributed by atoms with E-state index in [1.807, 2.05) is 35.2 Å². The van der Waals surface area contributed by atoms with Crippen molar-refractivity contribution in [1.29, 1.82) is 0 Å². The number of carbonyl (C=O) groups is 2. The Bertz CT molecular complexity index is 785. The fourth-order valence-electron chi connectivity index (χ4n) is 3.77. The van der Waals surface area contributed by atoms with Crippen LogP contribution in [0.4, 0.5) is 10.5 Å². The smallest absolute Gasteiger partial charge is 0.321 e. The molecule has 2 aromatic carbocycles. The molecular weight excluding hydrogens is 366 g/mol. The van der Waals surface area contributed by atoms with E-state index in [9.17, 15) is 9.59 Å². The molecular formula is C23H29N3O3. The SMILES string of the molecule is O=C(CCCC1CCN(C(=O)Nc2ccc(Cc3ccccc3)cc2)CC1)NO. The van der Waals surface area contributed by atoms with Gasteiger partial charge in [-0.3, -0.25) is 10.0 Å². The lowest BCUT2D eigenvalue weighted by molar-refractivity contribution is -0.129. The molecule has 0 atom stereocenters. The summed E-state index contributed by atoms with van der Waals surface area (Å²) in [6.45, 7) is 1.46. The largest absolute Gasteiger partial charge is 0.325 e. The highest BCUT2D eigenvalue weighted by Gasteiger charge is 2.22. The fourth-order valence-corrected chi connectivity index (χ4v) is 3.77. The van der Waals surface area contributed by atoms with Crippen LogP contribution >= 0.6 is 0 Å². The Labute approximate surface area is 171 Å². The van der Waals surface area contributed by atoms with Gasteiger partial charge < -0.3 is 10.2 Å². The van der Waals surface area contributed by atoms with Crippen LogP contribution < -0.4 is 10.8 Å². The van der Waals surface area contributed by atoms with Crippen LogP contribution in [0.5, 0.6) is 0 Å². The van der Waals surface area contributed by atoms with Gasteiger partial charge in [-0.15, -0.1) is 0 Å². The predicted molar refractivity (Wildman–Crippen MR) is 113 cm³/mol. The van der Waals surface area contributed by atoms with Gasteiger partial charge in [0, 0.05) is 25.2 Å². The second-order valence-corrected chi connectivity index (χ2v) is 7.65. The standard InChI is InChI=1S/C23H29N3O3/c27-22(25-29)8-4-7-18-13-15-26(16-14-18)23(28)24-21-11-9-20(10-12-21)17-19-5-2-1-3-6-19/h1-3,5-6,9-12,18,29H,4,7-8,13-17H2,(H,24,28)(H,25,27). The maximum absolute atomic E-state index is 12.5. The number of piperidine rings is 1. The van der Waals surface area contributed by atoms with Crippen LogP contribution in [0.3, 0.4) is 0 Å². The molecule has 2 aromatic rings. The second kappa shape index (κ2) is 10.6. The predicted octanol–water partition coefficient (Wildman–Crippen LogP) is 4.20. The van der Waals surface area contributed by atoms with Crippen LogP contribution in [0.2, 0.25) is 0 Å². The van der Waals surface area contributed by atoms with Gasteiger partial charge in [0.2, 0.25) is 5.91 Å². The Morgan fingerprint density at radius 1 is 0.966 bits per heavy atom. The van der Waals surface area contributed by atoms with Crippen molar-refractivity contribution in [3.8, 4) is 0 Å². The average Bonchev–Trinajstić information content (AvgIpc) is 2.76. The minimum Gasteiger partial charge on any atom is -0.325 e. The summed E-state index contributed by atoms with van der Waals surface area (Å²) in [4.78, 5) is 25.4. The van der Waals surface area contributed by atoms with Crippen LogP contribution in [-0.4, -0.2) is 35.1 Å². The minimum atomic E-state index is -0.336. The van der Waals surface area contributed by atoms with Crippen molar-refractivity contribution >= 4 is 17.6 Å². The second-order valence-electron chi connectivity index (χ2n) is 7.65. The maximum Gasteiger partial charge on any atom is 0.321 e. The van der Waals surface area contributed by atoms with Gasteiger partial charge in [-0.05, 0) is 61.3 Å². The van der Waals surface area contributed by atoms with Gasteiger partial charge in [0.25, 0.3) is 0 Å². The summed E-state index contributed by atoms with van der Waals surface area (Å²) in [5.41, 5.74) is 4.95. The Morgan fingerprint density at radius 3 is 2.28 bits per heavy atom. The third-order valence-electron chi connectivity index (χ3n) is 5.50. The molecule has 1 aliphatic rings. The molecule has 6 heteroatoms. The lowest BCUT2D eigenvalue weighted by Crippen LogP contribution is -2.41. The number of hydroxylamine groups is 1. The number of urea groups is 1. The van der Waals surface area contributed by atoms with Gasteiger partial charge >= 0.3 is 6.03 Å². The summed E-state index contributed by atoms with van der Waals surface area (Å²) < 4.78 is 0. The molecule has 1 heterocycles. The van der Waals surface area contributed by atoms with Crippen LogP contribution in [0, 0.1) is 5.92 Å². The van der Waals surface area contributed by atoms with Crippen molar-refractivity contribution in [2.75, 3.05) is 18.4 Å². The molecule has 0 unspecified atom stereocenters. The molecule has 1 saturated heterocycles. The summed E-state index contributed by atoms with van der Waals surface area (Å²) in [6.07, 6.45) is 4.83. The molecule has 3 N–H and O–H groups in total. The van der Waals surface area contributed by atoms with Crippen LogP contribution in [0.15, 0.2) is 54.6 Å². The van der Waals surface area contributed by atoms with Gasteiger partial charge in [0.1, 0.15) is 0 Å². The number of nitrogens with zero attached hydrogens (tertiary/aromatic N) is 1. The van der Waals surface area contributed by atoms with Crippen molar-refractivity contribution in [2.45, 2.75) is 38.5 Å². The zero-order chi connectivity index (χ0) is 20.5. The Kier molecular flexibility index (Phi) is 7.64. The zero-order valence-corrected chi connectivity index (χ0v) is 16.6. The number of nitrogens with one attached hydrogen (secondary N) is 2. The van der Waals surface area contributed by atoms with Crippen molar-refractivity contribution in [3.05, 3.63) is 65.7 Å². The van der Waals surface area contributed by atoms with Crippen molar-refractivity contribution in [1.82, 2.24) is 10.4 Å². The molecule has 0 aliphatic carbocycles. The lowest BCUT2D eigenvalue weighted by atomic mass is 9.91. The van der Waals surface area contributed by atoms with E-state index in [4.69, 9.17) is 5.21 Å². The monoisotopic (exact) mass is 395 g/mol. The molecule has 0 spiro atoms. The highest BCUT2D eigenvalue weighted by Crippen LogP contribution is 2.23. The quantitative estimate of drug-likeness (QED) is 0.485. The third-order valence-corrected chi connectivity index (χ3v) is 5.50. The first-order valence-corrected chi connectivity index (χ1v) is 10.3. The van der Waals surface area contributed by atoms with Crippen LogP contribution in [0.25, 0.3) is 0 Å². The molecule has 0 aromatic heterocycles. The number of anilines is 1. The first-order chi connectivity index (χ1) is 14.1. The van der Waals surface area contributed by atoms with Gasteiger partial charge in [-0.25, -0.2) is 10.3 Å². The van der Waals surface area contributed by atoms with E-state index in [1.54, 1.807) is 5.48 Å². The molecule has 29 heavy (non-hydrogen) atoms. The molecule has 1 fully saturated rings. The number of hydrogen-bond donors (Lipinski definition) is 3. The summed E-state index contributed by atoms with van der Waals surface area (Å²) >= 11 is 0. The fraction of sp³-hybridized carbons (Fsp3) is 0.391. The highest BCUT2D eigenvalue weighted by atomic mass is 16.5. The molecule has 6 nitrogen and oxygen atoms in total. The van der Waals surface area contributed by atoms with Crippen molar-refractivity contribution < 1.29 is 14.8 Å². The third kappa shape index (κ3) is 6.61. The van der Waals surface area contributed by atoms with Crippen molar-refractivity contribution in [2.24, 2.45) is 5.92 Å². The molecule has 0 saturated carbocycles. The Hall–Kier alpha value is -2.86. The lowest BCUT2D eigenvalue weighted by Gasteiger charge is -2.32. The van der Waals surface area contributed by atoms with Crippen LogP contribution in [0.1, 0.15) is 43.2 Å².